The Labute approximate surface area is 161 Å². The molecule has 3 aromatic rings. The van der Waals surface area contributed by atoms with Gasteiger partial charge in [0.2, 0.25) is 5.91 Å². The van der Waals surface area contributed by atoms with Crippen molar-refractivity contribution in [1.82, 2.24) is 4.90 Å². The van der Waals surface area contributed by atoms with Crippen LogP contribution in [-0.2, 0) is 11.3 Å². The average molecular weight is 361 g/mol. The Bertz CT molecular complexity index is 757. The second kappa shape index (κ2) is 9.77. The van der Waals surface area contributed by atoms with E-state index in [1.807, 2.05) is 53.4 Å². The third kappa shape index (κ3) is 5.10. The van der Waals surface area contributed by atoms with Crippen molar-refractivity contribution in [3.05, 3.63) is 95.9 Å². The molecule has 27 heavy (non-hydrogen) atoms. The van der Waals surface area contributed by atoms with E-state index < -0.39 is 0 Å². The van der Waals surface area contributed by atoms with Crippen LogP contribution in [0.1, 0.15) is 55.5 Å². The van der Waals surface area contributed by atoms with E-state index in [1.165, 1.54) is 0 Å². The average Bonchev–Trinajstić information content (AvgIpc) is 3.22. The minimum Gasteiger partial charge on any atom is -0.467 e. The number of carbonyl (C=O) groups excluding carboxylic acids is 1. The van der Waals surface area contributed by atoms with Crippen LogP contribution in [0.15, 0.2) is 83.5 Å². The highest BCUT2D eigenvalue weighted by atomic mass is 16.3. The zero-order valence-corrected chi connectivity index (χ0v) is 15.9. The summed E-state index contributed by atoms with van der Waals surface area (Å²) in [6, 6.07) is 24.1. The molecule has 3 heteroatoms. The summed E-state index contributed by atoms with van der Waals surface area (Å²) in [6.07, 6.45) is 5.31. The van der Waals surface area contributed by atoms with Crippen molar-refractivity contribution in [2.24, 2.45) is 0 Å². The molecule has 0 radical (unpaired) electrons. The predicted molar refractivity (Wildman–Crippen MR) is 108 cm³/mol. The first-order valence-electron chi connectivity index (χ1n) is 9.71. The lowest BCUT2D eigenvalue weighted by atomic mass is 9.96. The predicted octanol–water partition coefficient (Wildman–Crippen LogP) is 5.98. The van der Waals surface area contributed by atoms with E-state index in [9.17, 15) is 4.79 Å². The quantitative estimate of drug-likeness (QED) is 0.439. The van der Waals surface area contributed by atoms with Gasteiger partial charge >= 0.3 is 0 Å². The minimum atomic E-state index is -0.133. The smallest absolute Gasteiger partial charge is 0.223 e. The highest BCUT2D eigenvalue weighted by molar-refractivity contribution is 5.77. The molecule has 0 saturated carbocycles. The first kappa shape index (κ1) is 19.0. The van der Waals surface area contributed by atoms with Crippen LogP contribution in [-0.4, -0.2) is 10.8 Å². The van der Waals surface area contributed by atoms with E-state index in [0.29, 0.717) is 13.0 Å². The molecular weight excluding hydrogens is 334 g/mol. The van der Waals surface area contributed by atoms with Gasteiger partial charge in [-0.25, -0.2) is 0 Å². The summed E-state index contributed by atoms with van der Waals surface area (Å²) in [6.45, 7) is 2.62. The number of hydrogen-bond donors (Lipinski definition) is 0. The fourth-order valence-electron chi connectivity index (χ4n) is 3.39. The summed E-state index contributed by atoms with van der Waals surface area (Å²) in [4.78, 5) is 15.2. The van der Waals surface area contributed by atoms with Crippen LogP contribution in [0.5, 0.6) is 0 Å². The van der Waals surface area contributed by atoms with E-state index >= 15 is 0 Å². The summed E-state index contributed by atoms with van der Waals surface area (Å²) in [5.74, 6) is 0.966. The van der Waals surface area contributed by atoms with Gasteiger partial charge in [0.25, 0.3) is 0 Å². The minimum absolute atomic E-state index is 0.133. The number of benzene rings is 2. The molecule has 3 rings (SSSR count). The fraction of sp³-hybridized carbons (Fsp3) is 0.292. The number of furan rings is 1. The van der Waals surface area contributed by atoms with Crippen molar-refractivity contribution in [2.75, 3.05) is 0 Å². The van der Waals surface area contributed by atoms with Gasteiger partial charge in [-0.05, 0) is 29.7 Å². The Morgan fingerprint density at radius 2 is 1.52 bits per heavy atom. The number of unbranched alkanes of at least 4 members (excludes halogenated alkanes) is 2. The van der Waals surface area contributed by atoms with E-state index in [2.05, 4.69) is 31.2 Å². The summed E-state index contributed by atoms with van der Waals surface area (Å²) < 4.78 is 5.57. The maximum atomic E-state index is 13.2. The van der Waals surface area contributed by atoms with Crippen molar-refractivity contribution in [3.8, 4) is 0 Å². The van der Waals surface area contributed by atoms with Gasteiger partial charge in [-0.2, -0.15) is 0 Å². The molecule has 0 aliphatic carbocycles. The van der Waals surface area contributed by atoms with Gasteiger partial charge in [0.15, 0.2) is 0 Å². The maximum absolute atomic E-state index is 13.2. The molecule has 0 saturated heterocycles. The van der Waals surface area contributed by atoms with Gasteiger partial charge in [-0.1, -0.05) is 80.4 Å². The van der Waals surface area contributed by atoms with Gasteiger partial charge < -0.3 is 9.32 Å². The van der Waals surface area contributed by atoms with Crippen LogP contribution < -0.4 is 0 Å². The van der Waals surface area contributed by atoms with Gasteiger partial charge in [0.05, 0.1) is 18.8 Å². The summed E-state index contributed by atoms with van der Waals surface area (Å²) in [5.41, 5.74) is 2.22. The molecule has 0 atom stereocenters. The number of carbonyl (C=O) groups is 1. The van der Waals surface area contributed by atoms with Gasteiger partial charge in [0.1, 0.15) is 5.76 Å². The lowest BCUT2D eigenvalue weighted by Gasteiger charge is -2.32. The van der Waals surface area contributed by atoms with Crippen molar-refractivity contribution >= 4 is 5.91 Å². The molecule has 0 N–H and O–H groups in total. The first-order chi connectivity index (χ1) is 13.3. The number of nitrogens with zero attached hydrogens (tertiary/aromatic N) is 1. The molecule has 0 aliphatic heterocycles. The molecule has 0 aliphatic rings. The van der Waals surface area contributed by atoms with Gasteiger partial charge in [0, 0.05) is 6.42 Å². The summed E-state index contributed by atoms with van der Waals surface area (Å²) in [7, 11) is 0. The van der Waals surface area contributed by atoms with E-state index in [1.54, 1.807) is 6.26 Å². The third-order valence-electron chi connectivity index (χ3n) is 4.76. The third-order valence-corrected chi connectivity index (χ3v) is 4.76. The molecule has 1 amide bonds. The Hall–Kier alpha value is -2.81. The molecular formula is C24H27NO2. The molecule has 0 bridgehead atoms. The Balaban J connectivity index is 1.97. The van der Waals surface area contributed by atoms with Crippen LogP contribution >= 0.6 is 0 Å². The van der Waals surface area contributed by atoms with Crippen LogP contribution in [0.4, 0.5) is 0 Å². The van der Waals surface area contributed by atoms with Gasteiger partial charge in [-0.15, -0.1) is 0 Å². The molecule has 0 unspecified atom stereocenters. The van der Waals surface area contributed by atoms with Crippen LogP contribution in [0.25, 0.3) is 0 Å². The zero-order valence-electron chi connectivity index (χ0n) is 15.9. The lowest BCUT2D eigenvalue weighted by molar-refractivity contribution is -0.134. The topological polar surface area (TPSA) is 33.5 Å². The van der Waals surface area contributed by atoms with Crippen molar-refractivity contribution in [3.63, 3.8) is 0 Å². The molecule has 0 spiro atoms. The van der Waals surface area contributed by atoms with E-state index in [4.69, 9.17) is 4.42 Å². The molecule has 140 valence electrons. The first-order valence-corrected chi connectivity index (χ1v) is 9.71. The number of amides is 1. The van der Waals surface area contributed by atoms with Crippen LogP contribution in [0.3, 0.4) is 0 Å². The molecule has 3 nitrogen and oxygen atoms in total. The SMILES string of the molecule is CCCCCC(=O)N(Cc1ccco1)C(c1ccccc1)c1ccccc1. The van der Waals surface area contributed by atoms with Gasteiger partial charge in [-0.3, -0.25) is 4.79 Å². The number of hydrogen-bond acceptors (Lipinski definition) is 2. The summed E-state index contributed by atoms with van der Waals surface area (Å²) in [5, 5.41) is 0. The monoisotopic (exact) mass is 361 g/mol. The second-order valence-corrected chi connectivity index (χ2v) is 6.78. The van der Waals surface area contributed by atoms with Crippen LogP contribution in [0.2, 0.25) is 0 Å². The summed E-state index contributed by atoms with van der Waals surface area (Å²) >= 11 is 0. The normalized spacial score (nSPS) is 10.9. The van der Waals surface area contributed by atoms with E-state index in [-0.39, 0.29) is 11.9 Å². The molecule has 1 aromatic heterocycles. The lowest BCUT2D eigenvalue weighted by Crippen LogP contribution is -2.35. The molecule has 2 aromatic carbocycles. The fourth-order valence-corrected chi connectivity index (χ4v) is 3.39. The molecule has 1 heterocycles. The zero-order chi connectivity index (χ0) is 18.9. The number of rotatable bonds is 9. The van der Waals surface area contributed by atoms with Crippen molar-refractivity contribution in [2.45, 2.75) is 45.2 Å². The maximum Gasteiger partial charge on any atom is 0.223 e. The highest BCUT2D eigenvalue weighted by Crippen LogP contribution is 2.31. The second-order valence-electron chi connectivity index (χ2n) is 6.78. The molecule has 0 fully saturated rings. The largest absolute Gasteiger partial charge is 0.467 e. The Kier molecular flexibility index (Phi) is 6.86. The Morgan fingerprint density at radius 3 is 2.04 bits per heavy atom. The van der Waals surface area contributed by atoms with E-state index in [0.717, 1.165) is 36.1 Å². The highest BCUT2D eigenvalue weighted by Gasteiger charge is 2.27. The van der Waals surface area contributed by atoms with Crippen LogP contribution in [0, 0.1) is 0 Å². The standard InChI is InChI=1S/C24H27NO2/c1-2-3-6-17-23(26)25(19-22-16-11-18-27-22)24(20-12-7-4-8-13-20)21-14-9-5-10-15-21/h4-5,7-16,18,24H,2-3,6,17,19H2,1H3. The van der Waals surface area contributed by atoms with Crippen molar-refractivity contribution < 1.29 is 9.21 Å². The Morgan fingerprint density at radius 1 is 0.889 bits per heavy atom. The van der Waals surface area contributed by atoms with Crippen molar-refractivity contribution in [1.29, 1.82) is 0 Å².